The van der Waals surface area contributed by atoms with Crippen LogP contribution in [-0.4, -0.2) is 48.7 Å². The lowest BCUT2D eigenvalue weighted by Crippen LogP contribution is -2.43. The van der Waals surface area contributed by atoms with E-state index in [9.17, 15) is 27.2 Å². The topological polar surface area (TPSA) is 101 Å². The van der Waals surface area contributed by atoms with Crippen molar-refractivity contribution in [1.29, 1.82) is 0 Å². The molecule has 0 bridgehead atoms. The highest BCUT2D eigenvalue weighted by Gasteiger charge is 2.36. The predicted octanol–water partition coefficient (Wildman–Crippen LogP) is 1.29. The number of nitrogens with zero attached hydrogens (tertiary/aromatic N) is 1. The van der Waals surface area contributed by atoms with Gasteiger partial charge in [0.2, 0.25) is 5.91 Å². The molecular weight excluding hydrogens is 383 g/mol. The van der Waals surface area contributed by atoms with Crippen LogP contribution in [0, 0.1) is 5.82 Å². The lowest BCUT2D eigenvalue weighted by molar-refractivity contribution is -0.129. The second kappa shape index (κ2) is 7.04. The summed E-state index contributed by atoms with van der Waals surface area (Å²) in [7, 11) is -3.32. The summed E-state index contributed by atoms with van der Waals surface area (Å²) in [6, 6.07) is 4.70. The largest absolute Gasteiger partial charge is 0.347 e. The Hall–Kier alpha value is -2.46. The number of imide groups is 1. The SMILES string of the molecule is O=C(CN1C(=O)S/C(=C\c2ccc(F)cc2)C1=O)N[C@H]1C=CS(=O)(=O)C1. The number of benzene rings is 1. The number of sulfone groups is 1. The molecule has 10 heteroatoms. The van der Waals surface area contributed by atoms with Gasteiger partial charge in [-0.15, -0.1) is 0 Å². The molecule has 2 aliphatic rings. The Labute approximate surface area is 152 Å². The molecule has 3 amide bonds. The normalized spacial score (nSPS) is 23.0. The molecule has 1 aromatic rings. The van der Waals surface area contributed by atoms with Crippen LogP contribution in [0.5, 0.6) is 0 Å². The Kier molecular flexibility index (Phi) is 4.97. The molecule has 0 unspecified atom stereocenters. The maximum Gasteiger partial charge on any atom is 0.294 e. The van der Waals surface area contributed by atoms with E-state index < -0.39 is 45.3 Å². The lowest BCUT2D eigenvalue weighted by atomic mass is 10.2. The Morgan fingerprint density at radius 3 is 2.62 bits per heavy atom. The van der Waals surface area contributed by atoms with Crippen LogP contribution in [0.2, 0.25) is 0 Å². The number of thioether (sulfide) groups is 1. The van der Waals surface area contributed by atoms with Crippen molar-refractivity contribution in [1.82, 2.24) is 10.2 Å². The minimum absolute atomic E-state index is 0.123. The number of carbonyl (C=O) groups excluding carboxylic acids is 3. The minimum atomic E-state index is -3.32. The van der Waals surface area contributed by atoms with Gasteiger partial charge in [-0.2, -0.15) is 0 Å². The fourth-order valence-electron chi connectivity index (χ4n) is 2.41. The third-order valence-electron chi connectivity index (χ3n) is 3.62. The molecule has 1 atom stereocenters. The van der Waals surface area contributed by atoms with Gasteiger partial charge in [-0.1, -0.05) is 12.1 Å². The Morgan fingerprint density at radius 1 is 1.31 bits per heavy atom. The zero-order valence-electron chi connectivity index (χ0n) is 13.2. The first kappa shape index (κ1) is 18.3. The molecule has 0 spiro atoms. The number of halogens is 1. The van der Waals surface area contributed by atoms with Gasteiger partial charge in [-0.05, 0) is 41.6 Å². The molecule has 2 heterocycles. The van der Waals surface area contributed by atoms with E-state index in [-0.39, 0.29) is 10.7 Å². The molecule has 0 radical (unpaired) electrons. The minimum Gasteiger partial charge on any atom is -0.347 e. The fourth-order valence-corrected chi connectivity index (χ4v) is 4.48. The number of hydrogen-bond acceptors (Lipinski definition) is 6. The zero-order valence-corrected chi connectivity index (χ0v) is 14.8. The number of rotatable bonds is 4. The van der Waals surface area contributed by atoms with Gasteiger partial charge in [-0.3, -0.25) is 19.3 Å². The highest BCUT2D eigenvalue weighted by Crippen LogP contribution is 2.32. The van der Waals surface area contributed by atoms with Crippen molar-refractivity contribution < 1.29 is 27.2 Å². The summed E-state index contributed by atoms with van der Waals surface area (Å²) < 4.78 is 35.6. The van der Waals surface area contributed by atoms with E-state index >= 15 is 0 Å². The third kappa shape index (κ3) is 4.20. The van der Waals surface area contributed by atoms with Crippen molar-refractivity contribution in [3.05, 3.63) is 52.0 Å². The van der Waals surface area contributed by atoms with Gasteiger partial charge < -0.3 is 5.32 Å². The first-order chi connectivity index (χ1) is 12.2. The van der Waals surface area contributed by atoms with Gasteiger partial charge in [0, 0.05) is 5.41 Å². The molecule has 1 aromatic carbocycles. The van der Waals surface area contributed by atoms with Crippen LogP contribution in [0.4, 0.5) is 9.18 Å². The fraction of sp³-hybridized carbons (Fsp3) is 0.188. The second-order valence-corrected chi connectivity index (χ2v) is 8.58. The Balaban J connectivity index is 1.64. The predicted molar refractivity (Wildman–Crippen MR) is 93.9 cm³/mol. The first-order valence-corrected chi connectivity index (χ1v) is 9.98. The number of nitrogens with one attached hydrogen (secondary N) is 1. The summed E-state index contributed by atoms with van der Waals surface area (Å²) in [5.74, 6) is -1.93. The van der Waals surface area contributed by atoms with Crippen molar-refractivity contribution in [2.75, 3.05) is 12.3 Å². The maximum absolute atomic E-state index is 12.9. The standard InChI is InChI=1S/C16H13FN2O5S2/c17-11-3-1-10(2-4-11)7-13-15(21)19(16(22)25-13)8-14(20)18-12-5-6-26(23,24)9-12/h1-7,12H,8-9H2,(H,18,20)/b13-7-/t12-/m0/s1. The molecule has 0 saturated carbocycles. The molecule has 7 nitrogen and oxygen atoms in total. The average molecular weight is 396 g/mol. The van der Waals surface area contributed by atoms with Crippen molar-refractivity contribution in [2.45, 2.75) is 6.04 Å². The smallest absolute Gasteiger partial charge is 0.294 e. The Bertz CT molecular complexity index is 938. The van der Waals surface area contributed by atoms with Gasteiger partial charge in [0.05, 0.1) is 16.7 Å². The van der Waals surface area contributed by atoms with E-state index in [4.69, 9.17) is 0 Å². The van der Waals surface area contributed by atoms with Gasteiger partial charge in [0.15, 0.2) is 9.84 Å². The molecule has 1 saturated heterocycles. The average Bonchev–Trinajstić information content (AvgIpc) is 3.03. The number of hydrogen-bond donors (Lipinski definition) is 1. The van der Waals surface area contributed by atoms with Crippen molar-refractivity contribution in [2.24, 2.45) is 0 Å². The molecule has 0 aliphatic carbocycles. The second-order valence-electron chi connectivity index (χ2n) is 5.65. The van der Waals surface area contributed by atoms with E-state index in [0.717, 1.165) is 10.3 Å². The highest BCUT2D eigenvalue weighted by molar-refractivity contribution is 8.18. The van der Waals surface area contributed by atoms with Crippen LogP contribution in [-0.2, 0) is 19.4 Å². The highest BCUT2D eigenvalue weighted by atomic mass is 32.2. The van der Waals surface area contributed by atoms with Crippen molar-refractivity contribution in [3.8, 4) is 0 Å². The first-order valence-electron chi connectivity index (χ1n) is 7.45. The van der Waals surface area contributed by atoms with E-state index in [0.29, 0.717) is 17.3 Å². The van der Waals surface area contributed by atoms with E-state index in [2.05, 4.69) is 5.32 Å². The molecule has 0 aromatic heterocycles. The molecule has 1 N–H and O–H groups in total. The molecular formula is C16H13FN2O5S2. The van der Waals surface area contributed by atoms with Crippen LogP contribution in [0.3, 0.4) is 0 Å². The summed E-state index contributed by atoms with van der Waals surface area (Å²) >= 11 is 0.680. The maximum atomic E-state index is 12.9. The number of carbonyl (C=O) groups is 3. The van der Waals surface area contributed by atoms with E-state index in [1.807, 2.05) is 0 Å². The molecule has 26 heavy (non-hydrogen) atoms. The van der Waals surface area contributed by atoms with Crippen LogP contribution in [0.15, 0.2) is 40.7 Å². The third-order valence-corrected chi connectivity index (χ3v) is 5.92. The van der Waals surface area contributed by atoms with Gasteiger partial charge >= 0.3 is 0 Å². The zero-order chi connectivity index (χ0) is 18.9. The monoisotopic (exact) mass is 396 g/mol. The van der Waals surface area contributed by atoms with Crippen molar-refractivity contribution >= 4 is 44.7 Å². The Morgan fingerprint density at radius 2 is 2.00 bits per heavy atom. The summed E-state index contributed by atoms with van der Waals surface area (Å²) in [6.07, 6.45) is 2.78. The van der Waals surface area contributed by atoms with E-state index in [1.165, 1.54) is 36.4 Å². The summed E-state index contributed by atoms with van der Waals surface area (Å²) in [5.41, 5.74) is 0.544. The van der Waals surface area contributed by atoms with Crippen LogP contribution < -0.4 is 5.32 Å². The van der Waals surface area contributed by atoms with Crippen LogP contribution in [0.1, 0.15) is 5.56 Å². The molecule has 1 fully saturated rings. The van der Waals surface area contributed by atoms with Crippen LogP contribution in [0.25, 0.3) is 6.08 Å². The van der Waals surface area contributed by atoms with E-state index in [1.54, 1.807) is 0 Å². The molecule has 136 valence electrons. The van der Waals surface area contributed by atoms with Crippen molar-refractivity contribution in [3.63, 3.8) is 0 Å². The van der Waals surface area contributed by atoms with Crippen LogP contribution >= 0.6 is 11.8 Å². The van der Waals surface area contributed by atoms with Gasteiger partial charge in [0.25, 0.3) is 11.1 Å². The molecule has 3 rings (SSSR count). The summed E-state index contributed by atoms with van der Waals surface area (Å²) in [4.78, 5) is 37.2. The van der Waals surface area contributed by atoms with Gasteiger partial charge in [0.1, 0.15) is 12.4 Å². The quantitative estimate of drug-likeness (QED) is 0.770. The number of amides is 3. The summed E-state index contributed by atoms with van der Waals surface area (Å²) in [5, 5.41) is 2.87. The lowest BCUT2D eigenvalue weighted by Gasteiger charge is -2.14. The van der Waals surface area contributed by atoms with Gasteiger partial charge in [-0.25, -0.2) is 12.8 Å². The molecule has 2 aliphatic heterocycles. The summed E-state index contributed by atoms with van der Waals surface area (Å²) in [6.45, 7) is -0.504.